The lowest BCUT2D eigenvalue weighted by Crippen LogP contribution is -2.60. The topological polar surface area (TPSA) is 135 Å². The van der Waals surface area contributed by atoms with E-state index >= 15 is 0 Å². The number of alkyl halides is 3. The van der Waals surface area contributed by atoms with Crippen molar-refractivity contribution in [2.24, 2.45) is 0 Å². The van der Waals surface area contributed by atoms with E-state index in [1.54, 1.807) is 32.6 Å². The molecule has 1 atom stereocenters. The molecule has 1 amide bonds. The van der Waals surface area contributed by atoms with Crippen molar-refractivity contribution in [1.29, 1.82) is 0 Å². The Bertz CT molecular complexity index is 1790. The van der Waals surface area contributed by atoms with E-state index in [-0.39, 0.29) is 49.7 Å². The summed E-state index contributed by atoms with van der Waals surface area (Å²) in [5.41, 5.74) is 1.67. The molecule has 1 aliphatic heterocycles. The molecule has 16 heteroatoms. The van der Waals surface area contributed by atoms with Crippen molar-refractivity contribution in [2.75, 3.05) is 24.5 Å². The molecule has 4 rings (SSSR count). The number of carbonyl (C=O) groups is 3. The Morgan fingerprint density at radius 3 is 2.22 bits per heavy atom. The third-order valence-corrected chi connectivity index (χ3v) is 10.9. The highest BCUT2D eigenvalue weighted by Crippen LogP contribution is 2.32. The molecule has 1 aliphatic rings. The van der Waals surface area contributed by atoms with Crippen LogP contribution in [0.5, 0.6) is 5.75 Å². The number of benzene rings is 2. The molecule has 1 N–H and O–H groups in total. The third kappa shape index (κ3) is 10.3. The molecule has 11 nitrogen and oxygen atoms in total. The van der Waals surface area contributed by atoms with Crippen LogP contribution in [0.1, 0.15) is 79.9 Å². The Kier molecular flexibility index (Phi) is 12.0. The summed E-state index contributed by atoms with van der Waals surface area (Å²) in [5, 5.41) is 3.22. The number of carbonyl (C=O) groups excluding carboxylic acids is 3. The van der Waals surface area contributed by atoms with Gasteiger partial charge in [-0.25, -0.2) is 13.4 Å². The first-order valence-electron chi connectivity index (χ1n) is 15.9. The van der Waals surface area contributed by atoms with Crippen molar-refractivity contribution in [2.45, 2.75) is 89.7 Å². The van der Waals surface area contributed by atoms with E-state index < -0.39 is 45.7 Å². The van der Waals surface area contributed by atoms with Gasteiger partial charge < -0.3 is 19.7 Å². The van der Waals surface area contributed by atoms with Gasteiger partial charge in [0.2, 0.25) is 15.9 Å². The van der Waals surface area contributed by atoms with Gasteiger partial charge in [0, 0.05) is 32.6 Å². The zero-order valence-corrected chi connectivity index (χ0v) is 30.3. The van der Waals surface area contributed by atoms with Crippen LogP contribution in [0.3, 0.4) is 0 Å². The molecular formula is C34H41F3N4O7S2. The molecule has 0 aliphatic carbocycles. The van der Waals surface area contributed by atoms with Crippen LogP contribution in [0.4, 0.5) is 18.3 Å². The number of aryl methyl sites for hydroxylation is 1. The first-order chi connectivity index (χ1) is 23.2. The number of amides is 1. The SMILES string of the molecule is Cc1nc(N2CCN(S(=O)(=O)c3ccc(OC(F)(F)F)cc3)[C@@H](C(=O)NCc3ccc(C(C)C)cc3)C2)sc1C(=O)CCC(=O)OC(C)(C)C. The number of hydrogen-bond donors (Lipinski definition) is 1. The summed E-state index contributed by atoms with van der Waals surface area (Å²) in [4.78, 5) is 45.2. The number of esters is 1. The van der Waals surface area contributed by atoms with Crippen LogP contribution in [0.15, 0.2) is 53.4 Å². The number of thiazole rings is 1. The third-order valence-electron chi connectivity index (χ3n) is 7.70. The number of ketones is 1. The normalized spacial score (nSPS) is 16.0. The molecule has 0 bridgehead atoms. The predicted molar refractivity (Wildman–Crippen MR) is 182 cm³/mol. The fourth-order valence-electron chi connectivity index (χ4n) is 5.22. The maximum Gasteiger partial charge on any atom is 0.573 e. The number of aromatic nitrogens is 1. The van der Waals surface area contributed by atoms with E-state index in [4.69, 9.17) is 4.74 Å². The number of nitrogens with one attached hydrogen (secondary N) is 1. The first kappa shape index (κ1) is 38.8. The Morgan fingerprint density at radius 2 is 1.64 bits per heavy atom. The summed E-state index contributed by atoms with van der Waals surface area (Å²) >= 11 is 1.09. The van der Waals surface area contributed by atoms with Gasteiger partial charge in [0.25, 0.3) is 0 Å². The van der Waals surface area contributed by atoms with Crippen LogP contribution >= 0.6 is 11.3 Å². The van der Waals surface area contributed by atoms with E-state index in [0.717, 1.165) is 51.0 Å². The summed E-state index contributed by atoms with van der Waals surface area (Å²) in [6.07, 6.45) is -5.14. The number of piperazine rings is 1. The second kappa shape index (κ2) is 15.5. The lowest BCUT2D eigenvalue weighted by molar-refractivity contribution is -0.274. The monoisotopic (exact) mass is 738 g/mol. The number of ether oxygens (including phenoxy) is 2. The van der Waals surface area contributed by atoms with Gasteiger partial charge in [-0.3, -0.25) is 14.4 Å². The van der Waals surface area contributed by atoms with Gasteiger partial charge in [-0.05, 0) is 69.0 Å². The second-order valence-electron chi connectivity index (χ2n) is 13.1. The largest absolute Gasteiger partial charge is 0.573 e. The Balaban J connectivity index is 1.56. The van der Waals surface area contributed by atoms with Gasteiger partial charge in [-0.2, -0.15) is 4.31 Å². The molecule has 0 spiro atoms. The summed E-state index contributed by atoms with van der Waals surface area (Å²) in [5.74, 6) is -1.67. The Labute approximate surface area is 293 Å². The van der Waals surface area contributed by atoms with E-state index in [1.807, 2.05) is 24.3 Å². The van der Waals surface area contributed by atoms with Crippen LogP contribution in [0.2, 0.25) is 0 Å². The molecule has 272 valence electrons. The predicted octanol–water partition coefficient (Wildman–Crippen LogP) is 5.97. The lowest BCUT2D eigenvalue weighted by atomic mass is 10.0. The quantitative estimate of drug-likeness (QED) is 0.176. The van der Waals surface area contributed by atoms with Crippen LogP contribution in [-0.2, 0) is 30.9 Å². The highest BCUT2D eigenvalue weighted by molar-refractivity contribution is 7.89. The first-order valence-corrected chi connectivity index (χ1v) is 18.2. The van der Waals surface area contributed by atoms with Gasteiger partial charge in [0.05, 0.1) is 21.9 Å². The summed E-state index contributed by atoms with van der Waals surface area (Å²) in [6, 6.07) is 10.2. The minimum atomic E-state index is -4.95. The van der Waals surface area contributed by atoms with Crippen molar-refractivity contribution in [3.8, 4) is 5.75 Å². The summed E-state index contributed by atoms with van der Waals surface area (Å²) in [6.45, 7) is 10.9. The molecule has 1 fully saturated rings. The fraction of sp³-hybridized carbons (Fsp3) is 0.471. The van der Waals surface area contributed by atoms with Gasteiger partial charge in [-0.1, -0.05) is 49.4 Å². The van der Waals surface area contributed by atoms with Crippen LogP contribution in [-0.4, -0.2) is 73.0 Å². The Morgan fingerprint density at radius 1 is 1.00 bits per heavy atom. The number of hydrogen-bond acceptors (Lipinski definition) is 10. The number of anilines is 1. The zero-order chi connectivity index (χ0) is 37.0. The summed E-state index contributed by atoms with van der Waals surface area (Å²) in [7, 11) is -4.37. The van der Waals surface area contributed by atoms with Crippen molar-refractivity contribution >= 4 is 44.2 Å². The number of nitrogens with zero attached hydrogens (tertiary/aromatic N) is 3. The fourth-order valence-corrected chi connectivity index (χ4v) is 7.85. The molecule has 2 heterocycles. The summed E-state index contributed by atoms with van der Waals surface area (Å²) < 4.78 is 75.9. The second-order valence-corrected chi connectivity index (χ2v) is 16.0. The van der Waals surface area contributed by atoms with Crippen LogP contribution in [0, 0.1) is 6.92 Å². The maximum atomic E-state index is 13.8. The highest BCUT2D eigenvalue weighted by atomic mass is 32.2. The number of sulfonamides is 1. The van der Waals surface area contributed by atoms with Crippen molar-refractivity contribution in [3.05, 3.63) is 70.2 Å². The van der Waals surface area contributed by atoms with E-state index in [2.05, 4.69) is 28.9 Å². The number of rotatable bonds is 12. The molecule has 0 saturated carbocycles. The van der Waals surface area contributed by atoms with Gasteiger partial charge >= 0.3 is 12.3 Å². The van der Waals surface area contributed by atoms with Gasteiger partial charge in [0.15, 0.2) is 10.9 Å². The minimum absolute atomic E-state index is 0.0839. The maximum absolute atomic E-state index is 13.8. The molecular weight excluding hydrogens is 698 g/mol. The van der Waals surface area contributed by atoms with Crippen molar-refractivity contribution in [3.63, 3.8) is 0 Å². The highest BCUT2D eigenvalue weighted by Gasteiger charge is 2.41. The molecule has 1 saturated heterocycles. The van der Waals surface area contributed by atoms with E-state index in [1.165, 1.54) is 0 Å². The molecule has 2 aromatic carbocycles. The van der Waals surface area contributed by atoms with Gasteiger partial charge in [-0.15, -0.1) is 13.2 Å². The molecule has 50 heavy (non-hydrogen) atoms. The number of Topliss-reactive ketones (excluding diaryl/α,β-unsaturated/α-hetero) is 1. The van der Waals surface area contributed by atoms with Crippen LogP contribution in [0.25, 0.3) is 0 Å². The van der Waals surface area contributed by atoms with E-state index in [9.17, 15) is 36.0 Å². The molecule has 3 aromatic rings. The van der Waals surface area contributed by atoms with Crippen molar-refractivity contribution < 1.29 is 45.4 Å². The number of halogens is 3. The Hall–Kier alpha value is -4.02. The smallest absolute Gasteiger partial charge is 0.460 e. The molecule has 1 aromatic heterocycles. The average molecular weight is 739 g/mol. The molecule has 0 unspecified atom stereocenters. The zero-order valence-electron chi connectivity index (χ0n) is 28.7. The minimum Gasteiger partial charge on any atom is -0.460 e. The van der Waals surface area contributed by atoms with E-state index in [0.29, 0.717) is 21.6 Å². The standard InChI is InChI=1S/C34H41F3N4O7S2/c1-21(2)24-9-7-23(8-10-24)19-38-31(44)27-20-40(32-39-22(3)30(49-32)28(42)15-16-29(43)48-33(4,5)6)17-18-41(27)50(45,46)26-13-11-25(12-14-26)47-34(35,36)37/h7-14,21,27H,15-20H2,1-6H3,(H,38,44)/t27-/m1/s1. The van der Waals surface area contributed by atoms with Crippen LogP contribution < -0.4 is 15.0 Å². The van der Waals surface area contributed by atoms with Gasteiger partial charge in [0.1, 0.15) is 17.4 Å². The van der Waals surface area contributed by atoms with Crippen molar-refractivity contribution in [1.82, 2.24) is 14.6 Å². The lowest BCUT2D eigenvalue weighted by Gasteiger charge is -2.39. The average Bonchev–Trinajstić information content (AvgIpc) is 3.42. The molecule has 0 radical (unpaired) electrons.